The van der Waals surface area contributed by atoms with Crippen LogP contribution in [0.15, 0.2) is 30.3 Å². The van der Waals surface area contributed by atoms with Gasteiger partial charge in [0.1, 0.15) is 11.0 Å². The SMILES string of the molecule is CC(=O)C(Cc1ccccc1)S(=O)(=O)C(C)(C)C. The van der Waals surface area contributed by atoms with E-state index in [2.05, 4.69) is 0 Å². The largest absolute Gasteiger partial charge is 0.299 e. The van der Waals surface area contributed by atoms with Gasteiger partial charge in [0.15, 0.2) is 9.84 Å². The summed E-state index contributed by atoms with van der Waals surface area (Å²) < 4.78 is 23.8. The van der Waals surface area contributed by atoms with Crippen molar-refractivity contribution in [1.29, 1.82) is 0 Å². The molecule has 0 spiro atoms. The molecule has 0 N–H and O–H groups in total. The number of hydrogen-bond acceptors (Lipinski definition) is 3. The van der Waals surface area contributed by atoms with Crippen molar-refractivity contribution in [3.63, 3.8) is 0 Å². The van der Waals surface area contributed by atoms with Crippen LogP contribution in [0.1, 0.15) is 33.3 Å². The molecule has 1 atom stereocenters. The van der Waals surface area contributed by atoms with Crippen molar-refractivity contribution >= 4 is 15.6 Å². The van der Waals surface area contributed by atoms with E-state index in [0.717, 1.165) is 5.56 Å². The molecule has 0 aliphatic heterocycles. The third-order valence-corrected chi connectivity index (χ3v) is 5.90. The number of rotatable bonds is 4. The van der Waals surface area contributed by atoms with Crippen molar-refractivity contribution in [2.45, 2.75) is 44.1 Å². The van der Waals surface area contributed by atoms with Crippen molar-refractivity contribution in [2.24, 2.45) is 0 Å². The van der Waals surface area contributed by atoms with Crippen molar-refractivity contribution in [2.75, 3.05) is 0 Å². The van der Waals surface area contributed by atoms with Crippen LogP contribution in [0.5, 0.6) is 0 Å². The van der Waals surface area contributed by atoms with Gasteiger partial charge in [-0.05, 0) is 39.7 Å². The summed E-state index contributed by atoms with van der Waals surface area (Å²) in [6.07, 6.45) is 0.246. The maximum absolute atomic E-state index is 12.4. The Kier molecular flexibility index (Phi) is 4.32. The number of carbonyl (C=O) groups is 1. The molecule has 18 heavy (non-hydrogen) atoms. The van der Waals surface area contributed by atoms with E-state index in [1.165, 1.54) is 6.92 Å². The Labute approximate surface area is 109 Å². The maximum Gasteiger partial charge on any atom is 0.165 e. The minimum absolute atomic E-state index is 0.246. The molecule has 0 aliphatic carbocycles. The van der Waals surface area contributed by atoms with E-state index in [9.17, 15) is 13.2 Å². The van der Waals surface area contributed by atoms with E-state index >= 15 is 0 Å². The highest BCUT2D eigenvalue weighted by molar-refractivity contribution is 7.94. The lowest BCUT2D eigenvalue weighted by Gasteiger charge is -2.25. The van der Waals surface area contributed by atoms with Gasteiger partial charge in [0.05, 0.1) is 4.75 Å². The van der Waals surface area contributed by atoms with Crippen LogP contribution in [0, 0.1) is 0 Å². The predicted octanol–water partition coefficient (Wildman–Crippen LogP) is 2.40. The monoisotopic (exact) mass is 268 g/mol. The lowest BCUT2D eigenvalue weighted by Crippen LogP contribution is -2.42. The summed E-state index contributed by atoms with van der Waals surface area (Å²) in [5.74, 6) is -0.297. The summed E-state index contributed by atoms with van der Waals surface area (Å²) >= 11 is 0. The maximum atomic E-state index is 12.4. The standard InChI is InChI=1S/C14H20O3S/c1-11(15)13(18(16,17)14(2,3)4)10-12-8-6-5-7-9-12/h5-9,13H,10H2,1-4H3. The first-order chi connectivity index (χ1) is 8.16. The molecule has 0 saturated carbocycles. The number of sulfone groups is 1. The molecule has 1 unspecified atom stereocenters. The van der Waals surface area contributed by atoms with E-state index < -0.39 is 19.8 Å². The minimum Gasteiger partial charge on any atom is -0.299 e. The van der Waals surface area contributed by atoms with Crippen LogP contribution in [0.4, 0.5) is 0 Å². The molecule has 1 rings (SSSR count). The number of Topliss-reactive ketones (excluding diaryl/α,β-unsaturated/α-hetero) is 1. The summed E-state index contributed by atoms with van der Waals surface area (Å²) in [6, 6.07) is 9.24. The molecule has 100 valence electrons. The smallest absolute Gasteiger partial charge is 0.165 e. The fraction of sp³-hybridized carbons (Fsp3) is 0.500. The molecule has 0 saturated heterocycles. The Bertz CT molecular complexity index is 510. The zero-order valence-electron chi connectivity index (χ0n) is 11.3. The zero-order chi connectivity index (χ0) is 14.0. The quantitative estimate of drug-likeness (QED) is 0.842. The molecule has 0 bridgehead atoms. The first-order valence-corrected chi connectivity index (χ1v) is 7.48. The van der Waals surface area contributed by atoms with E-state index in [4.69, 9.17) is 0 Å². The van der Waals surface area contributed by atoms with Gasteiger partial charge in [0.2, 0.25) is 0 Å². The average molecular weight is 268 g/mol. The molecular formula is C14H20O3S. The van der Waals surface area contributed by atoms with Crippen molar-refractivity contribution in [3.05, 3.63) is 35.9 Å². The lowest BCUT2D eigenvalue weighted by molar-refractivity contribution is -0.116. The summed E-state index contributed by atoms with van der Waals surface area (Å²) in [6.45, 7) is 6.23. The van der Waals surface area contributed by atoms with E-state index in [-0.39, 0.29) is 12.2 Å². The fourth-order valence-corrected chi connectivity index (χ4v) is 3.43. The van der Waals surface area contributed by atoms with Crippen molar-refractivity contribution < 1.29 is 13.2 Å². The van der Waals surface area contributed by atoms with Crippen LogP contribution in [-0.2, 0) is 21.1 Å². The van der Waals surface area contributed by atoms with Crippen LogP contribution in [0.25, 0.3) is 0 Å². The van der Waals surface area contributed by atoms with Gasteiger partial charge in [-0.25, -0.2) is 8.42 Å². The van der Waals surface area contributed by atoms with Gasteiger partial charge in [0, 0.05) is 0 Å². The van der Waals surface area contributed by atoms with Crippen LogP contribution in [-0.4, -0.2) is 24.2 Å². The Morgan fingerprint density at radius 2 is 1.67 bits per heavy atom. The normalized spacial score (nSPS) is 14.2. The number of benzene rings is 1. The van der Waals surface area contributed by atoms with Gasteiger partial charge in [-0.3, -0.25) is 4.79 Å². The summed E-state index contributed by atoms with van der Waals surface area (Å²) in [5.41, 5.74) is 0.866. The zero-order valence-corrected chi connectivity index (χ0v) is 12.1. The second-order valence-electron chi connectivity index (χ2n) is 5.45. The second kappa shape index (κ2) is 5.22. The topological polar surface area (TPSA) is 51.2 Å². The molecule has 0 radical (unpaired) electrons. The summed E-state index contributed by atoms with van der Waals surface area (Å²) in [7, 11) is -3.49. The van der Waals surface area contributed by atoms with Crippen LogP contribution >= 0.6 is 0 Å². The Morgan fingerprint density at radius 3 is 2.06 bits per heavy atom. The van der Waals surface area contributed by atoms with E-state index in [0.29, 0.717) is 0 Å². The highest BCUT2D eigenvalue weighted by Crippen LogP contribution is 2.24. The van der Waals surface area contributed by atoms with Gasteiger partial charge in [-0.2, -0.15) is 0 Å². The summed E-state index contributed by atoms with van der Waals surface area (Å²) in [4.78, 5) is 11.7. The first kappa shape index (κ1) is 14.9. The molecule has 0 fully saturated rings. The molecule has 0 amide bonds. The molecular weight excluding hydrogens is 248 g/mol. The number of hydrogen-bond donors (Lipinski definition) is 0. The van der Waals surface area contributed by atoms with Gasteiger partial charge >= 0.3 is 0 Å². The van der Waals surface area contributed by atoms with E-state index in [1.54, 1.807) is 20.8 Å². The Morgan fingerprint density at radius 1 is 1.17 bits per heavy atom. The van der Waals surface area contributed by atoms with Crippen molar-refractivity contribution in [3.8, 4) is 0 Å². The Hall–Kier alpha value is -1.16. The van der Waals surface area contributed by atoms with Crippen LogP contribution < -0.4 is 0 Å². The van der Waals surface area contributed by atoms with Crippen molar-refractivity contribution in [1.82, 2.24) is 0 Å². The minimum atomic E-state index is -3.49. The highest BCUT2D eigenvalue weighted by Gasteiger charge is 2.39. The summed E-state index contributed by atoms with van der Waals surface area (Å²) in [5, 5.41) is -0.958. The lowest BCUT2D eigenvalue weighted by atomic mass is 10.1. The first-order valence-electron chi connectivity index (χ1n) is 5.94. The molecule has 0 heterocycles. The van der Waals surface area contributed by atoms with Gasteiger partial charge in [-0.15, -0.1) is 0 Å². The van der Waals surface area contributed by atoms with E-state index in [1.807, 2.05) is 30.3 Å². The third kappa shape index (κ3) is 3.19. The number of carbonyl (C=O) groups excluding carboxylic acids is 1. The van der Waals surface area contributed by atoms with Crippen LogP contribution in [0.3, 0.4) is 0 Å². The number of ketones is 1. The van der Waals surface area contributed by atoms with Gasteiger partial charge in [0.25, 0.3) is 0 Å². The molecule has 3 nitrogen and oxygen atoms in total. The van der Waals surface area contributed by atoms with Crippen LogP contribution in [0.2, 0.25) is 0 Å². The molecule has 0 aliphatic rings. The molecule has 4 heteroatoms. The average Bonchev–Trinajstić information content (AvgIpc) is 2.25. The van der Waals surface area contributed by atoms with Gasteiger partial charge < -0.3 is 0 Å². The van der Waals surface area contributed by atoms with Gasteiger partial charge in [-0.1, -0.05) is 30.3 Å². The molecule has 1 aromatic carbocycles. The highest BCUT2D eigenvalue weighted by atomic mass is 32.2. The fourth-order valence-electron chi connectivity index (χ4n) is 1.73. The second-order valence-corrected chi connectivity index (χ2v) is 8.33. The molecule has 1 aromatic rings. The third-order valence-electron chi connectivity index (χ3n) is 2.95. The molecule has 0 aromatic heterocycles. The predicted molar refractivity (Wildman–Crippen MR) is 73.3 cm³/mol. The Balaban J connectivity index is 3.10.